The Kier molecular flexibility index (Phi) is 2.66. The van der Waals surface area contributed by atoms with E-state index in [2.05, 4.69) is 5.32 Å². The highest BCUT2D eigenvalue weighted by Crippen LogP contribution is 2.34. The number of hydrogen-bond donors (Lipinski definition) is 2. The highest BCUT2D eigenvalue weighted by Gasteiger charge is 2.19. The lowest BCUT2D eigenvalue weighted by Gasteiger charge is -2.12. The van der Waals surface area contributed by atoms with Crippen molar-refractivity contribution in [3.05, 3.63) is 53.6 Å². The van der Waals surface area contributed by atoms with Gasteiger partial charge in [-0.15, -0.1) is 0 Å². The zero-order valence-electron chi connectivity index (χ0n) is 9.87. The molecule has 2 aromatic rings. The molecule has 0 saturated heterocycles. The van der Waals surface area contributed by atoms with Crippen LogP contribution in [0, 0.1) is 0 Å². The van der Waals surface area contributed by atoms with E-state index in [-0.39, 0.29) is 4.90 Å². The minimum atomic E-state index is -4.26. The van der Waals surface area contributed by atoms with E-state index in [9.17, 15) is 13.0 Å². The molecule has 4 nitrogen and oxygen atoms in total. The van der Waals surface area contributed by atoms with Crippen LogP contribution in [-0.4, -0.2) is 13.0 Å². The van der Waals surface area contributed by atoms with Gasteiger partial charge in [-0.3, -0.25) is 4.55 Å². The Balaban J connectivity index is 2.26. The molecule has 0 fully saturated rings. The Morgan fingerprint density at radius 2 is 1.58 bits per heavy atom. The minimum absolute atomic E-state index is 0.119. The molecule has 2 N–H and O–H groups in total. The summed E-state index contributed by atoms with van der Waals surface area (Å²) in [4.78, 5) is -0.119. The fraction of sp³-hybridized carbons (Fsp3) is 0. The first-order valence-corrected chi connectivity index (χ1v) is 7.14. The van der Waals surface area contributed by atoms with Crippen molar-refractivity contribution in [3.8, 4) is 0 Å². The van der Waals surface area contributed by atoms with Gasteiger partial charge in [0.15, 0.2) is 0 Å². The van der Waals surface area contributed by atoms with Crippen molar-refractivity contribution in [2.75, 3.05) is 5.32 Å². The van der Waals surface area contributed by atoms with Crippen LogP contribution in [0.25, 0.3) is 12.2 Å². The van der Waals surface area contributed by atoms with Gasteiger partial charge >= 0.3 is 0 Å². The van der Waals surface area contributed by atoms with E-state index >= 15 is 0 Å². The molecule has 96 valence electrons. The van der Waals surface area contributed by atoms with E-state index in [1.165, 1.54) is 6.07 Å². The molecule has 5 heteroatoms. The monoisotopic (exact) mass is 273 g/mol. The molecule has 0 unspecified atom stereocenters. The van der Waals surface area contributed by atoms with Crippen LogP contribution in [0.1, 0.15) is 11.1 Å². The summed E-state index contributed by atoms with van der Waals surface area (Å²) in [5, 5.41) is 3.08. The van der Waals surface area contributed by atoms with Crippen LogP contribution in [0.2, 0.25) is 0 Å². The van der Waals surface area contributed by atoms with Gasteiger partial charge in [0.1, 0.15) is 4.90 Å². The normalized spacial score (nSPS) is 13.1. The van der Waals surface area contributed by atoms with Crippen molar-refractivity contribution in [3.63, 3.8) is 0 Å². The molecule has 19 heavy (non-hydrogen) atoms. The first kappa shape index (κ1) is 12.0. The highest BCUT2D eigenvalue weighted by molar-refractivity contribution is 7.86. The fourth-order valence-corrected chi connectivity index (χ4v) is 2.78. The number of para-hydroxylation sites is 2. The predicted octanol–water partition coefficient (Wildman–Crippen LogP) is 3.16. The summed E-state index contributed by atoms with van der Waals surface area (Å²) in [7, 11) is -4.26. The third kappa shape index (κ3) is 2.14. The Morgan fingerprint density at radius 1 is 0.895 bits per heavy atom. The van der Waals surface area contributed by atoms with E-state index in [1.807, 2.05) is 36.4 Å². The minimum Gasteiger partial charge on any atom is -0.353 e. The number of fused-ring (bicyclic) bond motifs is 2. The van der Waals surface area contributed by atoms with E-state index < -0.39 is 10.1 Å². The second-order valence-corrected chi connectivity index (χ2v) is 5.63. The topological polar surface area (TPSA) is 66.4 Å². The van der Waals surface area contributed by atoms with Crippen molar-refractivity contribution in [2.45, 2.75) is 4.90 Å². The number of nitrogens with one attached hydrogen (secondary N) is 1. The van der Waals surface area contributed by atoms with E-state index in [0.717, 1.165) is 11.3 Å². The standard InChI is InChI=1S/C14H11NO3S/c16-19(17,18)13-7-3-5-11-9-8-10-4-1-2-6-12(10)15-14(11)13/h1-9,15H,(H,16,17,18). The zero-order valence-corrected chi connectivity index (χ0v) is 10.7. The molecule has 0 bridgehead atoms. The number of anilines is 2. The summed E-state index contributed by atoms with van der Waals surface area (Å²) in [6, 6.07) is 12.3. The molecular formula is C14H11NO3S. The fourth-order valence-electron chi connectivity index (χ4n) is 2.11. The molecule has 0 radical (unpaired) electrons. The summed E-state index contributed by atoms with van der Waals surface area (Å²) in [5.74, 6) is 0. The lowest BCUT2D eigenvalue weighted by molar-refractivity contribution is 0.483. The van der Waals surface area contributed by atoms with Gasteiger partial charge < -0.3 is 5.32 Å². The van der Waals surface area contributed by atoms with Gasteiger partial charge in [-0.05, 0) is 23.3 Å². The zero-order chi connectivity index (χ0) is 13.5. The Bertz CT molecular complexity index is 779. The quantitative estimate of drug-likeness (QED) is 0.668. The summed E-state index contributed by atoms with van der Waals surface area (Å²) >= 11 is 0. The van der Waals surface area contributed by atoms with Crippen molar-refractivity contribution < 1.29 is 13.0 Å². The number of benzene rings is 2. The van der Waals surface area contributed by atoms with Gasteiger partial charge in [0, 0.05) is 5.69 Å². The van der Waals surface area contributed by atoms with Crippen molar-refractivity contribution >= 4 is 33.6 Å². The summed E-state index contributed by atoms with van der Waals surface area (Å²) in [6.07, 6.45) is 3.73. The Hall–Kier alpha value is -2.11. The highest BCUT2D eigenvalue weighted by atomic mass is 32.2. The molecule has 3 rings (SSSR count). The lowest BCUT2D eigenvalue weighted by atomic mass is 10.1. The smallest absolute Gasteiger partial charge is 0.296 e. The molecule has 2 aromatic carbocycles. The molecule has 1 aliphatic rings. The first-order chi connectivity index (χ1) is 9.05. The molecule has 0 aromatic heterocycles. The average molecular weight is 273 g/mol. The number of rotatable bonds is 1. The third-order valence-electron chi connectivity index (χ3n) is 3.00. The van der Waals surface area contributed by atoms with Gasteiger partial charge in [-0.1, -0.05) is 42.5 Å². The van der Waals surface area contributed by atoms with E-state index in [4.69, 9.17) is 0 Å². The summed E-state index contributed by atoms with van der Waals surface area (Å²) in [6.45, 7) is 0. The SMILES string of the molecule is O=S(=O)(O)c1cccc2c1Nc1ccccc1C=C2. The molecule has 0 aliphatic carbocycles. The maximum Gasteiger partial charge on any atom is 0.296 e. The summed E-state index contributed by atoms with van der Waals surface area (Å²) in [5.41, 5.74) is 2.87. The van der Waals surface area contributed by atoms with Crippen LogP contribution < -0.4 is 5.32 Å². The van der Waals surface area contributed by atoms with E-state index in [0.29, 0.717) is 11.3 Å². The van der Waals surface area contributed by atoms with Crippen LogP contribution >= 0.6 is 0 Å². The second kappa shape index (κ2) is 4.22. The van der Waals surface area contributed by atoms with Crippen LogP contribution in [-0.2, 0) is 10.1 Å². The maximum atomic E-state index is 11.4. The predicted molar refractivity (Wildman–Crippen MR) is 74.9 cm³/mol. The van der Waals surface area contributed by atoms with Gasteiger partial charge in [0.05, 0.1) is 5.69 Å². The van der Waals surface area contributed by atoms with Crippen LogP contribution in [0.15, 0.2) is 47.4 Å². The van der Waals surface area contributed by atoms with Crippen molar-refractivity contribution in [2.24, 2.45) is 0 Å². The molecule has 0 atom stereocenters. The molecule has 0 spiro atoms. The third-order valence-corrected chi connectivity index (χ3v) is 3.90. The molecule has 1 aliphatic heterocycles. The first-order valence-electron chi connectivity index (χ1n) is 5.70. The van der Waals surface area contributed by atoms with Crippen molar-refractivity contribution in [1.29, 1.82) is 0 Å². The van der Waals surface area contributed by atoms with Gasteiger partial charge in [-0.25, -0.2) is 0 Å². The van der Waals surface area contributed by atoms with Gasteiger partial charge in [-0.2, -0.15) is 8.42 Å². The summed E-state index contributed by atoms with van der Waals surface area (Å²) < 4.78 is 32.1. The van der Waals surface area contributed by atoms with Crippen LogP contribution in [0.4, 0.5) is 11.4 Å². The van der Waals surface area contributed by atoms with Crippen molar-refractivity contribution in [1.82, 2.24) is 0 Å². The Morgan fingerprint density at radius 3 is 2.37 bits per heavy atom. The van der Waals surface area contributed by atoms with Gasteiger partial charge in [0.25, 0.3) is 10.1 Å². The molecule has 1 heterocycles. The molecule has 0 saturated carbocycles. The molecule has 0 amide bonds. The lowest BCUT2D eigenvalue weighted by Crippen LogP contribution is -2.04. The Labute approximate surface area is 111 Å². The number of hydrogen-bond acceptors (Lipinski definition) is 3. The molecular weight excluding hydrogens is 262 g/mol. The maximum absolute atomic E-state index is 11.4. The van der Waals surface area contributed by atoms with E-state index in [1.54, 1.807) is 12.1 Å². The van der Waals surface area contributed by atoms with Gasteiger partial charge in [0.2, 0.25) is 0 Å². The average Bonchev–Trinajstić information content (AvgIpc) is 2.56. The van der Waals surface area contributed by atoms with Crippen LogP contribution in [0.3, 0.4) is 0 Å². The second-order valence-electron chi connectivity index (χ2n) is 4.24. The van der Waals surface area contributed by atoms with Crippen LogP contribution in [0.5, 0.6) is 0 Å². The largest absolute Gasteiger partial charge is 0.353 e.